The molecule has 1 aromatic carbocycles. The summed E-state index contributed by atoms with van der Waals surface area (Å²) in [5.41, 5.74) is 8.55. The van der Waals surface area contributed by atoms with Crippen LogP contribution < -0.4 is 15.2 Å². The van der Waals surface area contributed by atoms with Gasteiger partial charge in [-0.05, 0) is 25.0 Å². The highest BCUT2D eigenvalue weighted by Gasteiger charge is 2.22. The molecule has 0 bridgehead atoms. The van der Waals surface area contributed by atoms with Gasteiger partial charge in [0, 0.05) is 18.5 Å². The summed E-state index contributed by atoms with van der Waals surface area (Å²) in [6.45, 7) is 4.70. The molecule has 2 N–H and O–H groups in total. The van der Waals surface area contributed by atoms with Crippen LogP contribution in [-0.2, 0) is 6.54 Å². The van der Waals surface area contributed by atoms with E-state index >= 15 is 0 Å². The monoisotopic (exact) mass is 304 g/mol. The second kappa shape index (κ2) is 7.26. The van der Waals surface area contributed by atoms with Crippen LogP contribution in [0, 0.1) is 0 Å². The Kier molecular flexibility index (Phi) is 5.38. The van der Waals surface area contributed by atoms with E-state index in [1.165, 1.54) is 0 Å². The van der Waals surface area contributed by atoms with Gasteiger partial charge < -0.3 is 15.2 Å². The summed E-state index contributed by atoms with van der Waals surface area (Å²) in [7, 11) is 3.28. The van der Waals surface area contributed by atoms with Crippen LogP contribution in [0.25, 0.3) is 5.69 Å². The van der Waals surface area contributed by atoms with Crippen LogP contribution in [0.1, 0.15) is 44.0 Å². The molecule has 0 unspecified atom stereocenters. The highest BCUT2D eigenvalue weighted by Crippen LogP contribution is 2.32. The molecule has 0 aliphatic rings. The van der Waals surface area contributed by atoms with Gasteiger partial charge in [0.05, 0.1) is 19.9 Å². The van der Waals surface area contributed by atoms with Crippen molar-refractivity contribution in [1.29, 1.82) is 0 Å². The first-order valence-corrected chi connectivity index (χ1v) is 7.56. The van der Waals surface area contributed by atoms with Gasteiger partial charge in [-0.15, -0.1) is 5.10 Å². The lowest BCUT2D eigenvalue weighted by Gasteiger charge is -2.17. The predicted molar refractivity (Wildman–Crippen MR) is 85.7 cm³/mol. The van der Waals surface area contributed by atoms with Crippen molar-refractivity contribution in [1.82, 2.24) is 15.0 Å². The summed E-state index contributed by atoms with van der Waals surface area (Å²) < 4.78 is 12.6. The van der Waals surface area contributed by atoms with Crippen molar-refractivity contribution < 1.29 is 9.47 Å². The maximum Gasteiger partial charge on any atom is 0.144 e. The number of aromatic nitrogens is 3. The Hall–Kier alpha value is -2.08. The molecule has 0 fully saturated rings. The van der Waals surface area contributed by atoms with Gasteiger partial charge in [-0.1, -0.05) is 19.1 Å². The minimum atomic E-state index is 0.351. The normalized spacial score (nSPS) is 11.0. The predicted octanol–water partition coefficient (Wildman–Crippen LogP) is 2.65. The largest absolute Gasteiger partial charge is 0.497 e. The molecular formula is C16H24N4O2. The Morgan fingerprint density at radius 3 is 2.45 bits per heavy atom. The number of nitrogens with zero attached hydrogens (tertiary/aromatic N) is 3. The second-order valence-electron chi connectivity index (χ2n) is 5.09. The molecular weight excluding hydrogens is 280 g/mol. The minimum Gasteiger partial charge on any atom is -0.497 e. The van der Waals surface area contributed by atoms with Crippen LogP contribution in [-0.4, -0.2) is 29.2 Å². The second-order valence-corrected chi connectivity index (χ2v) is 5.09. The van der Waals surface area contributed by atoms with E-state index < -0.39 is 0 Å². The van der Waals surface area contributed by atoms with Crippen LogP contribution >= 0.6 is 0 Å². The van der Waals surface area contributed by atoms with Crippen molar-refractivity contribution in [3.05, 3.63) is 29.6 Å². The molecule has 2 aromatic rings. The molecule has 0 saturated carbocycles. The quantitative estimate of drug-likeness (QED) is 0.851. The topological polar surface area (TPSA) is 75.2 Å². The van der Waals surface area contributed by atoms with Crippen LogP contribution in [0.15, 0.2) is 18.2 Å². The van der Waals surface area contributed by atoms with Crippen molar-refractivity contribution >= 4 is 0 Å². The smallest absolute Gasteiger partial charge is 0.144 e. The van der Waals surface area contributed by atoms with Gasteiger partial charge in [0.2, 0.25) is 0 Å². The molecule has 0 radical (unpaired) electrons. The summed E-state index contributed by atoms with van der Waals surface area (Å²) in [4.78, 5) is 0. The number of benzene rings is 1. The fourth-order valence-electron chi connectivity index (χ4n) is 2.69. The average Bonchev–Trinajstić information content (AvgIpc) is 2.99. The average molecular weight is 304 g/mol. The summed E-state index contributed by atoms with van der Waals surface area (Å²) in [5.74, 6) is 1.82. The Labute approximate surface area is 131 Å². The Bertz CT molecular complexity index is 621. The van der Waals surface area contributed by atoms with Gasteiger partial charge in [0.1, 0.15) is 22.9 Å². The van der Waals surface area contributed by atoms with Crippen LogP contribution in [0.2, 0.25) is 0 Å². The molecule has 0 amide bonds. The molecule has 0 aliphatic carbocycles. The van der Waals surface area contributed by atoms with E-state index in [4.69, 9.17) is 15.2 Å². The highest BCUT2D eigenvalue weighted by molar-refractivity contribution is 5.52. The molecule has 2 rings (SSSR count). The van der Waals surface area contributed by atoms with Crippen molar-refractivity contribution in [2.45, 2.75) is 39.2 Å². The lowest BCUT2D eigenvalue weighted by molar-refractivity contribution is 0.399. The van der Waals surface area contributed by atoms with Crippen LogP contribution in [0.5, 0.6) is 11.5 Å². The van der Waals surface area contributed by atoms with Gasteiger partial charge in [-0.25, -0.2) is 4.68 Å². The fourth-order valence-corrected chi connectivity index (χ4v) is 2.69. The molecule has 22 heavy (non-hydrogen) atoms. The van der Waals surface area contributed by atoms with E-state index in [1.807, 2.05) is 22.9 Å². The summed E-state index contributed by atoms with van der Waals surface area (Å²) in [6, 6.07) is 5.63. The number of rotatable bonds is 7. The summed E-state index contributed by atoms with van der Waals surface area (Å²) in [6.07, 6.45) is 2.01. The van der Waals surface area contributed by atoms with Crippen molar-refractivity contribution in [3.63, 3.8) is 0 Å². The van der Waals surface area contributed by atoms with Gasteiger partial charge >= 0.3 is 0 Å². The van der Waals surface area contributed by atoms with Gasteiger partial charge in [0.15, 0.2) is 0 Å². The van der Waals surface area contributed by atoms with Gasteiger partial charge in [0.25, 0.3) is 0 Å². The maximum atomic E-state index is 5.84. The molecule has 1 heterocycles. The number of hydrogen-bond acceptors (Lipinski definition) is 5. The highest BCUT2D eigenvalue weighted by atomic mass is 16.5. The third-order valence-electron chi connectivity index (χ3n) is 3.96. The first kappa shape index (κ1) is 16.3. The zero-order chi connectivity index (χ0) is 16.1. The lowest BCUT2D eigenvalue weighted by Crippen LogP contribution is -2.11. The molecule has 0 saturated heterocycles. The first-order valence-electron chi connectivity index (χ1n) is 7.56. The van der Waals surface area contributed by atoms with Crippen LogP contribution in [0.3, 0.4) is 0 Å². The van der Waals surface area contributed by atoms with Crippen molar-refractivity contribution in [3.8, 4) is 17.2 Å². The number of hydrogen-bond donors (Lipinski definition) is 1. The molecule has 0 aliphatic heterocycles. The number of ether oxygens (including phenoxy) is 2. The van der Waals surface area contributed by atoms with E-state index in [1.54, 1.807) is 14.2 Å². The molecule has 120 valence electrons. The summed E-state index contributed by atoms with van der Waals surface area (Å²) >= 11 is 0. The Morgan fingerprint density at radius 1 is 1.18 bits per heavy atom. The van der Waals surface area contributed by atoms with Crippen LogP contribution in [0.4, 0.5) is 0 Å². The van der Waals surface area contributed by atoms with E-state index in [0.29, 0.717) is 12.5 Å². The molecule has 0 spiro atoms. The van der Waals surface area contributed by atoms with E-state index in [9.17, 15) is 0 Å². The fraction of sp³-hybridized carbons (Fsp3) is 0.500. The molecule has 0 atom stereocenters. The van der Waals surface area contributed by atoms with Crippen molar-refractivity contribution in [2.24, 2.45) is 5.73 Å². The van der Waals surface area contributed by atoms with Gasteiger partial charge in [-0.3, -0.25) is 0 Å². The lowest BCUT2D eigenvalue weighted by atomic mass is 9.97. The molecule has 1 aromatic heterocycles. The maximum absolute atomic E-state index is 5.84. The zero-order valence-corrected chi connectivity index (χ0v) is 13.7. The van der Waals surface area contributed by atoms with E-state index in [0.717, 1.165) is 41.4 Å². The first-order chi connectivity index (χ1) is 10.7. The third kappa shape index (κ3) is 2.92. The standard InChI is InChI=1S/C16H24N4O2/c1-5-11(6-2)16-13(10-17)18-19-20(16)14-9-12(21-3)7-8-15(14)22-4/h7-9,11H,5-6,10,17H2,1-4H3. The zero-order valence-electron chi connectivity index (χ0n) is 13.7. The molecule has 6 nitrogen and oxygen atoms in total. The number of nitrogens with two attached hydrogens (primary N) is 1. The third-order valence-corrected chi connectivity index (χ3v) is 3.96. The Morgan fingerprint density at radius 2 is 1.91 bits per heavy atom. The number of methoxy groups -OCH3 is 2. The van der Waals surface area contributed by atoms with Crippen molar-refractivity contribution in [2.75, 3.05) is 14.2 Å². The SMILES string of the molecule is CCC(CC)c1c(CN)nnn1-c1cc(OC)ccc1OC. The molecule has 6 heteroatoms. The minimum absolute atomic E-state index is 0.351. The van der Waals surface area contributed by atoms with Gasteiger partial charge in [-0.2, -0.15) is 0 Å². The van der Waals surface area contributed by atoms with E-state index in [2.05, 4.69) is 24.2 Å². The summed E-state index contributed by atoms with van der Waals surface area (Å²) in [5, 5.41) is 8.56. The Balaban J connectivity index is 2.64. The van der Waals surface area contributed by atoms with E-state index in [-0.39, 0.29) is 0 Å².